The van der Waals surface area contributed by atoms with Crippen LogP contribution in [0, 0.1) is 23.7 Å². The summed E-state index contributed by atoms with van der Waals surface area (Å²) in [4.78, 5) is 12.7. The number of fused-ring (bicyclic) bond motifs is 1. The average Bonchev–Trinajstić information content (AvgIpc) is 2.67. The van der Waals surface area contributed by atoms with E-state index < -0.39 is 6.10 Å². The fourth-order valence-electron chi connectivity index (χ4n) is 6.16. The predicted molar refractivity (Wildman–Crippen MR) is 96.1 cm³/mol. The zero-order chi connectivity index (χ0) is 17.7. The van der Waals surface area contributed by atoms with E-state index in [9.17, 15) is 4.79 Å². The first-order valence-corrected chi connectivity index (χ1v) is 9.89. The molecular formula is C21H27NO4. The Hall–Kier alpha value is -1.75. The van der Waals surface area contributed by atoms with Crippen molar-refractivity contribution in [3.63, 3.8) is 0 Å². The maximum absolute atomic E-state index is 12.7. The summed E-state index contributed by atoms with van der Waals surface area (Å²) in [6, 6.07) is 7.48. The third kappa shape index (κ3) is 2.51. The Kier molecular flexibility index (Phi) is 3.89. The third-order valence-corrected chi connectivity index (χ3v) is 7.24. The number of methoxy groups -OCH3 is 1. The van der Waals surface area contributed by atoms with Crippen molar-refractivity contribution in [3.05, 3.63) is 24.3 Å². The van der Waals surface area contributed by atoms with Gasteiger partial charge in [-0.25, -0.2) is 0 Å². The van der Waals surface area contributed by atoms with Crippen LogP contribution in [0.3, 0.4) is 0 Å². The molecule has 4 fully saturated rings. The summed E-state index contributed by atoms with van der Waals surface area (Å²) in [6.45, 7) is 0.832. The lowest BCUT2D eigenvalue weighted by Crippen LogP contribution is -2.64. The van der Waals surface area contributed by atoms with Gasteiger partial charge in [-0.15, -0.1) is 0 Å². The van der Waals surface area contributed by atoms with Gasteiger partial charge in [0.15, 0.2) is 11.5 Å². The van der Waals surface area contributed by atoms with Gasteiger partial charge in [0, 0.05) is 13.7 Å². The highest BCUT2D eigenvalue weighted by Crippen LogP contribution is 2.59. The fraction of sp³-hybridized carbons (Fsp3) is 0.667. The molecule has 1 amide bonds. The molecule has 1 unspecified atom stereocenters. The van der Waals surface area contributed by atoms with E-state index in [4.69, 9.17) is 14.2 Å². The highest BCUT2D eigenvalue weighted by Gasteiger charge is 2.57. The van der Waals surface area contributed by atoms with Crippen molar-refractivity contribution in [2.75, 3.05) is 20.3 Å². The van der Waals surface area contributed by atoms with E-state index in [1.807, 2.05) is 31.4 Å². The van der Waals surface area contributed by atoms with Crippen LogP contribution in [0.2, 0.25) is 0 Å². The smallest absolute Gasteiger partial charge is 0.264 e. The number of rotatable bonds is 4. The number of amides is 1. The fourth-order valence-corrected chi connectivity index (χ4v) is 6.16. The first kappa shape index (κ1) is 16.4. The Morgan fingerprint density at radius 2 is 1.77 bits per heavy atom. The Labute approximate surface area is 154 Å². The Balaban J connectivity index is 1.26. The molecule has 140 valence electrons. The van der Waals surface area contributed by atoms with Crippen molar-refractivity contribution in [1.82, 2.24) is 5.32 Å². The first-order chi connectivity index (χ1) is 12.7. The Bertz CT molecular complexity index is 675. The van der Waals surface area contributed by atoms with Crippen LogP contribution in [-0.2, 0) is 9.53 Å². The van der Waals surface area contributed by atoms with Gasteiger partial charge in [-0.2, -0.15) is 0 Å². The van der Waals surface area contributed by atoms with Gasteiger partial charge in [0.1, 0.15) is 6.61 Å². The molecule has 4 aliphatic carbocycles. The van der Waals surface area contributed by atoms with Crippen molar-refractivity contribution in [2.45, 2.75) is 43.8 Å². The quantitative estimate of drug-likeness (QED) is 0.900. The van der Waals surface area contributed by atoms with Crippen molar-refractivity contribution in [2.24, 2.45) is 23.7 Å². The molecule has 4 bridgehead atoms. The molecule has 6 rings (SSSR count). The minimum absolute atomic E-state index is 0.107. The van der Waals surface area contributed by atoms with Gasteiger partial charge in [-0.05, 0) is 67.9 Å². The summed E-state index contributed by atoms with van der Waals surface area (Å²) in [5.41, 5.74) is -0.198. The van der Waals surface area contributed by atoms with Gasteiger partial charge >= 0.3 is 0 Å². The maximum Gasteiger partial charge on any atom is 0.264 e. The van der Waals surface area contributed by atoms with E-state index in [-0.39, 0.29) is 18.1 Å². The lowest BCUT2D eigenvalue weighted by molar-refractivity contribution is -0.188. The average molecular weight is 357 g/mol. The molecule has 5 heteroatoms. The lowest BCUT2D eigenvalue weighted by Gasteiger charge is -2.60. The molecule has 26 heavy (non-hydrogen) atoms. The molecule has 1 heterocycles. The van der Waals surface area contributed by atoms with Crippen LogP contribution in [0.4, 0.5) is 0 Å². The molecule has 1 aromatic carbocycles. The highest BCUT2D eigenvalue weighted by molar-refractivity contribution is 5.81. The second-order valence-electron chi connectivity index (χ2n) is 8.55. The molecule has 4 saturated carbocycles. The molecule has 0 saturated heterocycles. The van der Waals surface area contributed by atoms with E-state index in [0.29, 0.717) is 29.9 Å². The van der Waals surface area contributed by atoms with Crippen LogP contribution in [0.1, 0.15) is 32.1 Å². The van der Waals surface area contributed by atoms with E-state index in [1.165, 1.54) is 32.1 Å². The van der Waals surface area contributed by atoms with Gasteiger partial charge in [0.25, 0.3) is 5.91 Å². The molecule has 0 aromatic heterocycles. The number of nitrogens with one attached hydrogen (secondary N) is 1. The molecule has 5 aliphatic rings. The molecule has 1 N–H and O–H groups in total. The molecule has 1 atom stereocenters. The van der Waals surface area contributed by atoms with Crippen LogP contribution in [0.5, 0.6) is 11.5 Å². The van der Waals surface area contributed by atoms with Gasteiger partial charge in [-0.3, -0.25) is 4.79 Å². The van der Waals surface area contributed by atoms with Gasteiger partial charge < -0.3 is 19.5 Å². The molecule has 1 aromatic rings. The van der Waals surface area contributed by atoms with Crippen molar-refractivity contribution in [1.29, 1.82) is 0 Å². The minimum atomic E-state index is -0.601. The summed E-state index contributed by atoms with van der Waals surface area (Å²) >= 11 is 0. The largest absolute Gasteiger partial charge is 0.485 e. The van der Waals surface area contributed by atoms with Crippen molar-refractivity contribution < 1.29 is 19.0 Å². The van der Waals surface area contributed by atoms with Crippen LogP contribution >= 0.6 is 0 Å². The second-order valence-corrected chi connectivity index (χ2v) is 8.55. The first-order valence-electron chi connectivity index (χ1n) is 9.89. The lowest BCUT2D eigenvalue weighted by atomic mass is 9.49. The molecule has 1 aliphatic heterocycles. The summed E-state index contributed by atoms with van der Waals surface area (Å²) in [5.74, 6) is 4.14. The number of benzene rings is 1. The van der Waals surface area contributed by atoms with Crippen LogP contribution < -0.4 is 14.8 Å². The summed E-state index contributed by atoms with van der Waals surface area (Å²) in [7, 11) is 1.82. The zero-order valence-electron chi connectivity index (χ0n) is 15.3. The van der Waals surface area contributed by atoms with E-state index in [2.05, 4.69) is 5.32 Å². The number of hydrogen-bond acceptors (Lipinski definition) is 4. The summed E-state index contributed by atoms with van der Waals surface area (Å²) in [6.07, 6.45) is 5.84. The van der Waals surface area contributed by atoms with Crippen LogP contribution in [0.15, 0.2) is 24.3 Å². The monoisotopic (exact) mass is 357 g/mol. The molecule has 0 spiro atoms. The van der Waals surface area contributed by atoms with Crippen molar-refractivity contribution >= 4 is 5.91 Å². The summed E-state index contributed by atoms with van der Waals surface area (Å²) < 4.78 is 17.6. The molecule has 0 radical (unpaired) electrons. The Morgan fingerprint density at radius 1 is 1.12 bits per heavy atom. The van der Waals surface area contributed by atoms with Gasteiger partial charge in [0.2, 0.25) is 6.10 Å². The number of hydrogen-bond donors (Lipinski definition) is 1. The minimum Gasteiger partial charge on any atom is -0.485 e. The highest BCUT2D eigenvalue weighted by atomic mass is 16.6. The number of ether oxygens (including phenoxy) is 3. The van der Waals surface area contributed by atoms with E-state index >= 15 is 0 Å². The van der Waals surface area contributed by atoms with E-state index in [1.54, 1.807) is 0 Å². The molecule has 5 nitrogen and oxygen atoms in total. The van der Waals surface area contributed by atoms with E-state index in [0.717, 1.165) is 11.8 Å². The van der Waals surface area contributed by atoms with Gasteiger partial charge in [0.05, 0.1) is 5.60 Å². The maximum atomic E-state index is 12.7. The second kappa shape index (κ2) is 6.15. The predicted octanol–water partition coefficient (Wildman–Crippen LogP) is 2.78. The van der Waals surface area contributed by atoms with Crippen LogP contribution in [-0.4, -0.2) is 37.9 Å². The number of para-hydroxylation sites is 2. The van der Waals surface area contributed by atoms with Crippen molar-refractivity contribution in [3.8, 4) is 11.5 Å². The number of carbonyl (C=O) groups is 1. The zero-order valence-corrected chi connectivity index (χ0v) is 15.3. The van der Waals surface area contributed by atoms with Crippen LogP contribution in [0.25, 0.3) is 0 Å². The topological polar surface area (TPSA) is 56.8 Å². The normalized spacial score (nSPS) is 39.7. The molecular weight excluding hydrogens is 330 g/mol. The third-order valence-electron chi connectivity index (χ3n) is 7.24. The van der Waals surface area contributed by atoms with Gasteiger partial charge in [-0.1, -0.05) is 12.1 Å². The summed E-state index contributed by atoms with van der Waals surface area (Å²) in [5, 5.41) is 3.13. The number of carbonyl (C=O) groups excluding carboxylic acids is 1. The SMILES string of the molecule is COC1(CNC(=O)C2COc3ccccc3O2)C2CC3CC(C2)CC1C3. The Morgan fingerprint density at radius 3 is 2.42 bits per heavy atom. The standard InChI is InChI=1S/C21H27NO4/c1-24-21(15-7-13-6-14(9-15)10-16(21)8-13)12-22-20(23)19-11-25-17-4-2-3-5-18(17)26-19/h2-5,13-16,19H,6-12H2,1H3,(H,22,23).